The van der Waals surface area contributed by atoms with Gasteiger partial charge in [0.15, 0.2) is 0 Å². The fraction of sp³-hybridized carbons (Fsp3) is 0.500. The lowest BCUT2D eigenvalue weighted by atomic mass is 9.97. The Bertz CT molecular complexity index is 739. The summed E-state index contributed by atoms with van der Waals surface area (Å²) in [5.41, 5.74) is 0.891. The molecule has 0 bridgehead atoms. The number of carboxylic acids is 1. The summed E-state index contributed by atoms with van der Waals surface area (Å²) in [7, 11) is 1.84. The second-order valence-corrected chi connectivity index (χ2v) is 7.04. The number of aliphatic carboxylic acids is 1. The molecule has 1 aliphatic heterocycles. The highest BCUT2D eigenvalue weighted by molar-refractivity contribution is 7.16. The SMILES string of the molecule is Cn1cc(-c2ncc(C(=O)N3CCCC[C@@H]3CCC(=O)O)s2)cn1. The predicted molar refractivity (Wildman–Crippen MR) is 89.9 cm³/mol. The maximum Gasteiger partial charge on any atom is 0.303 e. The molecular formula is C16H20N4O3S. The normalized spacial score (nSPS) is 17.9. The zero-order valence-electron chi connectivity index (χ0n) is 13.5. The van der Waals surface area contributed by atoms with Crippen molar-refractivity contribution in [1.29, 1.82) is 0 Å². The van der Waals surface area contributed by atoms with Gasteiger partial charge in [-0.25, -0.2) is 4.98 Å². The number of carboxylic acid groups (broad SMARTS) is 1. The summed E-state index contributed by atoms with van der Waals surface area (Å²) >= 11 is 1.36. The number of amides is 1. The molecule has 0 radical (unpaired) electrons. The number of carbonyl (C=O) groups is 2. The third kappa shape index (κ3) is 3.64. The van der Waals surface area contributed by atoms with Crippen LogP contribution in [0.25, 0.3) is 10.6 Å². The van der Waals surface area contributed by atoms with Gasteiger partial charge >= 0.3 is 5.97 Å². The maximum atomic E-state index is 12.8. The Morgan fingerprint density at radius 1 is 1.38 bits per heavy atom. The minimum atomic E-state index is -0.815. The molecule has 3 heterocycles. The molecule has 0 aliphatic carbocycles. The highest BCUT2D eigenvalue weighted by Crippen LogP contribution is 2.28. The van der Waals surface area contributed by atoms with Gasteiger partial charge in [-0.2, -0.15) is 5.10 Å². The van der Waals surface area contributed by atoms with Gasteiger partial charge in [-0.15, -0.1) is 11.3 Å². The molecule has 1 amide bonds. The van der Waals surface area contributed by atoms with Crippen LogP contribution in [0.2, 0.25) is 0 Å². The Hall–Kier alpha value is -2.22. The summed E-state index contributed by atoms with van der Waals surface area (Å²) in [6.45, 7) is 0.684. The average Bonchev–Trinajstić information content (AvgIpc) is 3.21. The first-order valence-corrected chi connectivity index (χ1v) is 8.84. The quantitative estimate of drug-likeness (QED) is 0.896. The number of piperidine rings is 1. The Balaban J connectivity index is 1.74. The highest BCUT2D eigenvalue weighted by Gasteiger charge is 2.29. The van der Waals surface area contributed by atoms with E-state index in [-0.39, 0.29) is 18.4 Å². The lowest BCUT2D eigenvalue weighted by Crippen LogP contribution is -2.43. The second kappa shape index (κ2) is 7.12. The third-order valence-corrected chi connectivity index (χ3v) is 5.28. The number of likely N-dealkylation sites (tertiary alicyclic amines) is 1. The largest absolute Gasteiger partial charge is 0.481 e. The summed E-state index contributed by atoms with van der Waals surface area (Å²) in [6.07, 6.45) is 8.67. The number of thiazole rings is 1. The first-order valence-electron chi connectivity index (χ1n) is 8.02. The molecule has 2 aromatic heterocycles. The minimum absolute atomic E-state index is 0.00583. The monoisotopic (exact) mass is 348 g/mol. The summed E-state index contributed by atoms with van der Waals surface area (Å²) in [5.74, 6) is -0.859. The van der Waals surface area contributed by atoms with Crippen molar-refractivity contribution in [2.24, 2.45) is 7.05 Å². The molecule has 7 nitrogen and oxygen atoms in total. The molecule has 1 fully saturated rings. The molecule has 0 saturated carbocycles. The summed E-state index contributed by atoms with van der Waals surface area (Å²) < 4.78 is 1.70. The van der Waals surface area contributed by atoms with Crippen LogP contribution in [0.1, 0.15) is 41.8 Å². The van der Waals surface area contributed by atoms with Gasteiger partial charge < -0.3 is 10.0 Å². The number of carbonyl (C=O) groups excluding carboxylic acids is 1. The molecule has 24 heavy (non-hydrogen) atoms. The van der Waals surface area contributed by atoms with Gasteiger partial charge in [0.2, 0.25) is 0 Å². The van der Waals surface area contributed by atoms with Gasteiger partial charge in [0.25, 0.3) is 5.91 Å². The fourth-order valence-electron chi connectivity index (χ4n) is 3.04. The number of hydrogen-bond donors (Lipinski definition) is 1. The third-order valence-electron chi connectivity index (χ3n) is 4.25. The van der Waals surface area contributed by atoms with Crippen molar-refractivity contribution in [1.82, 2.24) is 19.7 Å². The summed E-state index contributed by atoms with van der Waals surface area (Å²) in [4.78, 5) is 30.4. The molecule has 1 saturated heterocycles. The van der Waals surface area contributed by atoms with Crippen molar-refractivity contribution in [3.05, 3.63) is 23.5 Å². The molecule has 8 heteroatoms. The number of rotatable bonds is 5. The molecule has 0 aromatic carbocycles. The van der Waals surface area contributed by atoms with Crippen molar-refractivity contribution in [2.45, 2.75) is 38.1 Å². The lowest BCUT2D eigenvalue weighted by molar-refractivity contribution is -0.137. The average molecular weight is 348 g/mol. The molecule has 1 N–H and O–H groups in total. The molecule has 0 spiro atoms. The van der Waals surface area contributed by atoms with E-state index >= 15 is 0 Å². The lowest BCUT2D eigenvalue weighted by Gasteiger charge is -2.35. The Morgan fingerprint density at radius 2 is 2.21 bits per heavy atom. The maximum absolute atomic E-state index is 12.8. The number of hydrogen-bond acceptors (Lipinski definition) is 5. The first kappa shape index (κ1) is 16.6. The highest BCUT2D eigenvalue weighted by atomic mass is 32.1. The van der Waals surface area contributed by atoms with Crippen molar-refractivity contribution in [3.8, 4) is 10.6 Å². The van der Waals surface area contributed by atoms with Gasteiger partial charge in [-0.05, 0) is 25.7 Å². The van der Waals surface area contributed by atoms with E-state index in [0.717, 1.165) is 29.8 Å². The van der Waals surface area contributed by atoms with Crippen molar-refractivity contribution in [3.63, 3.8) is 0 Å². The Labute approximate surface area is 143 Å². The van der Waals surface area contributed by atoms with E-state index < -0.39 is 5.97 Å². The second-order valence-electron chi connectivity index (χ2n) is 6.01. The molecule has 0 unspecified atom stereocenters. The van der Waals surface area contributed by atoms with Gasteiger partial charge in [0, 0.05) is 37.8 Å². The number of aromatic nitrogens is 3. The van der Waals surface area contributed by atoms with E-state index in [9.17, 15) is 9.59 Å². The van der Waals surface area contributed by atoms with Gasteiger partial charge in [0.1, 0.15) is 9.88 Å². The van der Waals surface area contributed by atoms with Crippen LogP contribution in [0.4, 0.5) is 0 Å². The summed E-state index contributed by atoms with van der Waals surface area (Å²) in [6, 6.07) is 0.00583. The van der Waals surface area contributed by atoms with Crippen LogP contribution in [-0.4, -0.2) is 49.2 Å². The molecular weight excluding hydrogens is 328 g/mol. The van der Waals surface area contributed by atoms with Crippen LogP contribution < -0.4 is 0 Å². The van der Waals surface area contributed by atoms with Crippen molar-refractivity contribution in [2.75, 3.05) is 6.54 Å². The van der Waals surface area contributed by atoms with E-state index in [1.807, 2.05) is 18.1 Å². The zero-order chi connectivity index (χ0) is 17.1. The molecule has 2 aromatic rings. The molecule has 1 aliphatic rings. The van der Waals surface area contributed by atoms with Gasteiger partial charge in [-0.3, -0.25) is 14.3 Å². The smallest absolute Gasteiger partial charge is 0.303 e. The minimum Gasteiger partial charge on any atom is -0.481 e. The topological polar surface area (TPSA) is 88.3 Å². The van der Waals surface area contributed by atoms with Crippen molar-refractivity contribution >= 4 is 23.2 Å². The van der Waals surface area contributed by atoms with Crippen molar-refractivity contribution < 1.29 is 14.7 Å². The number of nitrogens with zero attached hydrogens (tertiary/aromatic N) is 4. The number of aryl methyl sites for hydroxylation is 1. The Kier molecular flexibility index (Phi) is 4.94. The predicted octanol–water partition coefficient (Wildman–Crippen LogP) is 2.40. The van der Waals surface area contributed by atoms with Crippen LogP contribution in [0.5, 0.6) is 0 Å². The Morgan fingerprint density at radius 3 is 2.92 bits per heavy atom. The van der Waals surface area contributed by atoms with E-state index in [0.29, 0.717) is 17.8 Å². The van der Waals surface area contributed by atoms with E-state index in [2.05, 4.69) is 10.1 Å². The fourth-order valence-corrected chi connectivity index (χ4v) is 3.88. The van der Waals surface area contributed by atoms with Gasteiger partial charge in [0.05, 0.1) is 12.4 Å². The standard InChI is InChI=1S/C16H20N4O3S/c1-19-10-11(8-18-19)15-17-9-13(24-15)16(23)20-7-3-2-4-12(20)5-6-14(21)22/h8-10,12H,2-7H2,1H3,(H,21,22)/t12-/m1/s1. The van der Waals surface area contributed by atoms with Crippen LogP contribution in [-0.2, 0) is 11.8 Å². The van der Waals surface area contributed by atoms with E-state index in [4.69, 9.17) is 5.11 Å². The molecule has 128 valence electrons. The molecule has 3 rings (SSSR count). The van der Waals surface area contributed by atoms with Crippen LogP contribution in [0, 0.1) is 0 Å². The van der Waals surface area contributed by atoms with E-state index in [1.165, 1.54) is 11.3 Å². The van der Waals surface area contributed by atoms with Crippen LogP contribution in [0.15, 0.2) is 18.6 Å². The first-order chi connectivity index (χ1) is 11.5. The van der Waals surface area contributed by atoms with Crippen LogP contribution >= 0.6 is 11.3 Å². The molecule has 1 atom stereocenters. The van der Waals surface area contributed by atoms with E-state index in [1.54, 1.807) is 17.1 Å². The van der Waals surface area contributed by atoms with Gasteiger partial charge in [-0.1, -0.05) is 0 Å². The van der Waals surface area contributed by atoms with Crippen LogP contribution in [0.3, 0.4) is 0 Å². The zero-order valence-corrected chi connectivity index (χ0v) is 14.3. The summed E-state index contributed by atoms with van der Waals surface area (Å²) in [5, 5.41) is 13.8.